The molecular weight excluding hydrogens is 318 g/mol. The summed E-state index contributed by atoms with van der Waals surface area (Å²) in [6.45, 7) is 1.46. The summed E-state index contributed by atoms with van der Waals surface area (Å²) in [6, 6.07) is 13.6. The van der Waals surface area contributed by atoms with Gasteiger partial charge in [-0.2, -0.15) is 0 Å². The summed E-state index contributed by atoms with van der Waals surface area (Å²) < 4.78 is 5.40. The zero-order valence-electron chi connectivity index (χ0n) is 13.5. The normalized spacial score (nSPS) is 10.9. The molecule has 0 aliphatic rings. The molecule has 1 amide bonds. The Morgan fingerprint density at radius 2 is 1.88 bits per heavy atom. The van der Waals surface area contributed by atoms with Crippen LogP contribution in [0.2, 0.25) is 0 Å². The number of rotatable bonds is 4. The number of Topliss-reactive ketones (excluding diaryl/α,β-unsaturated/α-hetero) is 1. The zero-order chi connectivity index (χ0) is 17.8. The monoisotopic (exact) mass is 333 g/mol. The van der Waals surface area contributed by atoms with Crippen LogP contribution in [0.5, 0.6) is 0 Å². The number of carbonyl (C=O) groups is 2. The second kappa shape index (κ2) is 6.97. The van der Waals surface area contributed by atoms with E-state index in [1.165, 1.54) is 25.3 Å². The molecule has 1 N–H and O–H groups in total. The molecule has 2 aromatic carbocycles. The SMILES string of the molecule is CC(=O)c1cccc(NC(=O)/C=C/c2coc3ccccc3c2=O)c1. The number of carbonyl (C=O) groups excluding carboxylic acids is 2. The number of amides is 1. The fourth-order valence-corrected chi connectivity index (χ4v) is 2.37. The van der Waals surface area contributed by atoms with Gasteiger partial charge >= 0.3 is 0 Å². The van der Waals surface area contributed by atoms with Crippen LogP contribution < -0.4 is 10.7 Å². The van der Waals surface area contributed by atoms with Crippen molar-refractivity contribution in [2.75, 3.05) is 5.32 Å². The van der Waals surface area contributed by atoms with Gasteiger partial charge in [-0.3, -0.25) is 14.4 Å². The summed E-state index contributed by atoms with van der Waals surface area (Å²) in [5.74, 6) is -0.492. The van der Waals surface area contributed by atoms with Crippen LogP contribution in [0.25, 0.3) is 17.0 Å². The lowest BCUT2D eigenvalue weighted by Gasteiger charge is -2.03. The van der Waals surface area contributed by atoms with Crippen LogP contribution in [0.1, 0.15) is 22.8 Å². The lowest BCUT2D eigenvalue weighted by molar-refractivity contribution is -0.111. The smallest absolute Gasteiger partial charge is 0.248 e. The van der Waals surface area contributed by atoms with E-state index in [0.29, 0.717) is 22.2 Å². The largest absolute Gasteiger partial charge is 0.463 e. The second-order valence-electron chi connectivity index (χ2n) is 5.48. The Morgan fingerprint density at radius 1 is 1.08 bits per heavy atom. The van der Waals surface area contributed by atoms with E-state index in [1.807, 2.05) is 0 Å². The molecule has 0 spiro atoms. The maximum Gasteiger partial charge on any atom is 0.248 e. The molecule has 124 valence electrons. The first-order valence-electron chi connectivity index (χ1n) is 7.65. The first-order valence-corrected chi connectivity index (χ1v) is 7.65. The third-order valence-electron chi connectivity index (χ3n) is 3.66. The molecule has 3 aromatic rings. The third kappa shape index (κ3) is 3.72. The van der Waals surface area contributed by atoms with Crippen molar-refractivity contribution >= 4 is 34.4 Å². The number of nitrogens with one attached hydrogen (secondary N) is 1. The molecule has 0 bridgehead atoms. The number of fused-ring (bicyclic) bond motifs is 1. The Morgan fingerprint density at radius 3 is 2.68 bits per heavy atom. The van der Waals surface area contributed by atoms with Gasteiger partial charge in [0, 0.05) is 17.3 Å². The van der Waals surface area contributed by atoms with E-state index in [0.717, 1.165) is 0 Å². The highest BCUT2D eigenvalue weighted by Gasteiger charge is 2.05. The number of ketones is 1. The van der Waals surface area contributed by atoms with Gasteiger partial charge in [-0.25, -0.2) is 0 Å². The number of hydrogen-bond acceptors (Lipinski definition) is 4. The molecule has 0 aliphatic heterocycles. The minimum absolute atomic E-state index is 0.0830. The Kier molecular flexibility index (Phi) is 4.57. The van der Waals surface area contributed by atoms with Gasteiger partial charge in [0.25, 0.3) is 0 Å². The molecule has 0 aliphatic carbocycles. The lowest BCUT2D eigenvalue weighted by Crippen LogP contribution is -2.09. The molecule has 0 radical (unpaired) electrons. The zero-order valence-corrected chi connectivity index (χ0v) is 13.5. The summed E-state index contributed by atoms with van der Waals surface area (Å²) in [6.07, 6.45) is 3.98. The average molecular weight is 333 g/mol. The van der Waals surface area contributed by atoms with E-state index in [-0.39, 0.29) is 16.8 Å². The first kappa shape index (κ1) is 16.4. The second-order valence-corrected chi connectivity index (χ2v) is 5.48. The summed E-state index contributed by atoms with van der Waals surface area (Å²) >= 11 is 0. The predicted octanol–water partition coefficient (Wildman–Crippen LogP) is 3.65. The van der Waals surface area contributed by atoms with Crippen LogP contribution in [0, 0.1) is 0 Å². The maximum atomic E-state index is 12.3. The minimum atomic E-state index is -0.409. The molecule has 1 aromatic heterocycles. The van der Waals surface area contributed by atoms with Crippen molar-refractivity contribution < 1.29 is 14.0 Å². The highest BCUT2D eigenvalue weighted by atomic mass is 16.3. The first-order chi connectivity index (χ1) is 12.0. The summed E-state index contributed by atoms with van der Waals surface area (Å²) in [4.78, 5) is 35.7. The van der Waals surface area contributed by atoms with E-state index in [4.69, 9.17) is 4.42 Å². The molecule has 0 saturated carbocycles. The van der Waals surface area contributed by atoms with Crippen molar-refractivity contribution in [3.63, 3.8) is 0 Å². The Bertz CT molecular complexity index is 1050. The highest BCUT2D eigenvalue weighted by Crippen LogP contribution is 2.13. The van der Waals surface area contributed by atoms with Gasteiger partial charge in [0.15, 0.2) is 11.2 Å². The number of anilines is 1. The Balaban J connectivity index is 1.79. The molecule has 1 heterocycles. The predicted molar refractivity (Wildman–Crippen MR) is 96.6 cm³/mol. The number of hydrogen-bond donors (Lipinski definition) is 1. The molecule has 0 saturated heterocycles. The minimum Gasteiger partial charge on any atom is -0.463 e. The van der Waals surface area contributed by atoms with E-state index in [1.54, 1.807) is 48.5 Å². The van der Waals surface area contributed by atoms with Crippen LogP contribution in [0.15, 0.2) is 70.1 Å². The van der Waals surface area contributed by atoms with Crippen LogP contribution >= 0.6 is 0 Å². The van der Waals surface area contributed by atoms with Crippen molar-refractivity contribution in [3.8, 4) is 0 Å². The van der Waals surface area contributed by atoms with Gasteiger partial charge < -0.3 is 9.73 Å². The molecule has 3 rings (SSSR count). The van der Waals surface area contributed by atoms with Gasteiger partial charge in [-0.1, -0.05) is 24.3 Å². The highest BCUT2D eigenvalue weighted by molar-refractivity contribution is 6.03. The van der Waals surface area contributed by atoms with E-state index < -0.39 is 5.91 Å². The molecule has 0 fully saturated rings. The molecule has 0 unspecified atom stereocenters. The third-order valence-corrected chi connectivity index (χ3v) is 3.66. The van der Waals surface area contributed by atoms with Crippen molar-refractivity contribution in [1.82, 2.24) is 0 Å². The summed E-state index contributed by atoms with van der Waals surface area (Å²) in [7, 11) is 0. The molecule has 0 atom stereocenters. The quantitative estimate of drug-likeness (QED) is 0.584. The van der Waals surface area contributed by atoms with Crippen molar-refractivity contribution in [2.24, 2.45) is 0 Å². The van der Waals surface area contributed by atoms with Crippen LogP contribution in [-0.4, -0.2) is 11.7 Å². The van der Waals surface area contributed by atoms with Crippen LogP contribution in [-0.2, 0) is 4.79 Å². The summed E-state index contributed by atoms with van der Waals surface area (Å²) in [5.41, 5.74) is 1.59. The van der Waals surface area contributed by atoms with Gasteiger partial charge in [-0.15, -0.1) is 0 Å². The number of para-hydroxylation sites is 1. The Hall–Kier alpha value is -3.47. The van der Waals surface area contributed by atoms with Gasteiger partial charge in [-0.05, 0) is 37.3 Å². The van der Waals surface area contributed by atoms with Crippen molar-refractivity contribution in [3.05, 3.63) is 82.2 Å². The molecule has 5 heteroatoms. The lowest BCUT2D eigenvalue weighted by atomic mass is 10.1. The van der Waals surface area contributed by atoms with Crippen LogP contribution in [0.3, 0.4) is 0 Å². The van der Waals surface area contributed by atoms with E-state index in [2.05, 4.69) is 5.32 Å². The Labute approximate surface area is 143 Å². The van der Waals surface area contributed by atoms with E-state index in [9.17, 15) is 14.4 Å². The fourth-order valence-electron chi connectivity index (χ4n) is 2.37. The topological polar surface area (TPSA) is 76.4 Å². The van der Waals surface area contributed by atoms with Gasteiger partial charge in [0.2, 0.25) is 5.91 Å². The summed E-state index contributed by atoms with van der Waals surface area (Å²) in [5, 5.41) is 3.11. The number of benzene rings is 2. The molecule has 5 nitrogen and oxygen atoms in total. The standard InChI is InChI=1S/C20H15NO4/c1-13(22)14-5-4-6-16(11-14)21-19(23)10-9-15-12-25-18-8-3-2-7-17(18)20(15)24/h2-12H,1H3,(H,21,23)/b10-9+. The van der Waals surface area contributed by atoms with E-state index >= 15 is 0 Å². The maximum absolute atomic E-state index is 12.3. The fraction of sp³-hybridized carbons (Fsp3) is 0.0500. The molecular formula is C20H15NO4. The van der Waals surface area contributed by atoms with Gasteiger partial charge in [0.05, 0.1) is 10.9 Å². The van der Waals surface area contributed by atoms with Crippen molar-refractivity contribution in [2.45, 2.75) is 6.92 Å². The molecule has 25 heavy (non-hydrogen) atoms. The average Bonchev–Trinajstić information content (AvgIpc) is 2.61. The van der Waals surface area contributed by atoms with Crippen LogP contribution in [0.4, 0.5) is 5.69 Å². The van der Waals surface area contributed by atoms with Crippen molar-refractivity contribution in [1.29, 1.82) is 0 Å². The van der Waals surface area contributed by atoms with Gasteiger partial charge in [0.1, 0.15) is 11.8 Å².